The second-order valence-electron chi connectivity index (χ2n) is 4.24. The van der Waals surface area contributed by atoms with Gasteiger partial charge < -0.3 is 10.0 Å². The molecule has 0 saturated heterocycles. The monoisotopic (exact) mass is 253 g/mol. The summed E-state index contributed by atoms with van der Waals surface area (Å²) in [4.78, 5) is 2.12. The fourth-order valence-electron chi connectivity index (χ4n) is 1.69. The van der Waals surface area contributed by atoms with Gasteiger partial charge in [-0.15, -0.1) is 6.58 Å². The van der Waals surface area contributed by atoms with Gasteiger partial charge in [0.25, 0.3) is 0 Å². The Labute approximate surface area is 109 Å². The van der Waals surface area contributed by atoms with Crippen molar-refractivity contribution in [3.8, 4) is 0 Å². The molecule has 0 saturated carbocycles. The number of nitrogens with zero attached hydrogens (tertiary/aromatic N) is 1. The molecule has 0 aromatic heterocycles. The van der Waals surface area contributed by atoms with Crippen LogP contribution >= 0.6 is 11.6 Å². The molecule has 1 aromatic carbocycles. The number of benzene rings is 1. The lowest BCUT2D eigenvalue weighted by atomic mass is 10.1. The maximum atomic E-state index is 9.47. The highest BCUT2D eigenvalue weighted by atomic mass is 35.5. The second-order valence-corrected chi connectivity index (χ2v) is 4.65. The van der Waals surface area contributed by atoms with Gasteiger partial charge >= 0.3 is 0 Å². The van der Waals surface area contributed by atoms with Gasteiger partial charge in [0.15, 0.2) is 0 Å². The highest BCUT2D eigenvalue weighted by molar-refractivity contribution is 6.33. The summed E-state index contributed by atoms with van der Waals surface area (Å²) >= 11 is 6.21. The number of hydrogen-bond donors (Lipinski definition) is 1. The number of rotatable bonds is 6. The van der Waals surface area contributed by atoms with E-state index < -0.39 is 6.10 Å². The third kappa shape index (κ3) is 4.06. The van der Waals surface area contributed by atoms with E-state index >= 15 is 0 Å². The van der Waals surface area contributed by atoms with Crippen molar-refractivity contribution in [2.24, 2.45) is 0 Å². The van der Waals surface area contributed by atoms with Crippen LogP contribution in [0.2, 0.25) is 5.02 Å². The average Bonchev–Trinajstić information content (AvgIpc) is 2.28. The largest absolute Gasteiger partial charge is 0.389 e. The van der Waals surface area contributed by atoms with Crippen LogP contribution in [0.25, 0.3) is 0 Å². The topological polar surface area (TPSA) is 23.5 Å². The van der Waals surface area contributed by atoms with Gasteiger partial charge in [-0.1, -0.05) is 23.7 Å². The number of aliphatic hydroxyl groups excluding tert-OH is 1. The van der Waals surface area contributed by atoms with Crippen molar-refractivity contribution in [3.63, 3.8) is 0 Å². The van der Waals surface area contributed by atoms with Gasteiger partial charge in [0.05, 0.1) is 16.8 Å². The van der Waals surface area contributed by atoms with Crippen LogP contribution in [0.3, 0.4) is 0 Å². The van der Waals surface area contributed by atoms with Crippen molar-refractivity contribution in [1.82, 2.24) is 0 Å². The van der Waals surface area contributed by atoms with Gasteiger partial charge in [0.1, 0.15) is 0 Å². The van der Waals surface area contributed by atoms with E-state index in [1.807, 2.05) is 31.3 Å². The number of aliphatic hydroxyl groups is 1. The molecule has 1 unspecified atom stereocenters. The van der Waals surface area contributed by atoms with Crippen LogP contribution in [0.15, 0.2) is 30.9 Å². The van der Waals surface area contributed by atoms with Crippen molar-refractivity contribution in [2.45, 2.75) is 25.9 Å². The molecule has 1 rings (SSSR count). The molecule has 3 heteroatoms. The maximum absolute atomic E-state index is 9.47. The summed E-state index contributed by atoms with van der Waals surface area (Å²) in [6, 6.07) is 5.69. The molecule has 0 radical (unpaired) electrons. The van der Waals surface area contributed by atoms with E-state index in [0.29, 0.717) is 5.02 Å². The Morgan fingerprint density at radius 3 is 2.76 bits per heavy atom. The Bertz CT molecular complexity index is 376. The summed E-state index contributed by atoms with van der Waals surface area (Å²) in [5.41, 5.74) is 1.85. The predicted molar refractivity (Wildman–Crippen MR) is 74.8 cm³/mol. The Balaban J connectivity index is 2.73. The van der Waals surface area contributed by atoms with Crippen molar-refractivity contribution in [2.75, 3.05) is 18.5 Å². The highest BCUT2D eigenvalue weighted by Gasteiger charge is 2.08. The highest BCUT2D eigenvalue weighted by Crippen LogP contribution is 2.28. The molecular formula is C14H20ClNO. The molecule has 0 aliphatic carbocycles. The molecule has 1 aromatic rings. The molecule has 0 bridgehead atoms. The second kappa shape index (κ2) is 6.67. The minimum absolute atomic E-state index is 0.479. The quantitative estimate of drug-likeness (QED) is 0.616. The van der Waals surface area contributed by atoms with Gasteiger partial charge in [-0.3, -0.25) is 0 Å². The lowest BCUT2D eigenvalue weighted by Crippen LogP contribution is -2.18. The van der Waals surface area contributed by atoms with E-state index in [2.05, 4.69) is 11.5 Å². The van der Waals surface area contributed by atoms with Crippen LogP contribution in [0.4, 0.5) is 5.69 Å². The predicted octanol–water partition coefficient (Wildman–Crippen LogP) is 3.80. The SMILES string of the molecule is C=CCCCN(C)c1ccc(C(C)O)cc1Cl. The number of anilines is 1. The average molecular weight is 254 g/mol. The molecule has 0 spiro atoms. The van der Waals surface area contributed by atoms with Gasteiger partial charge in [-0.25, -0.2) is 0 Å². The van der Waals surface area contributed by atoms with Crippen molar-refractivity contribution < 1.29 is 5.11 Å². The third-order valence-electron chi connectivity index (χ3n) is 2.77. The van der Waals surface area contributed by atoms with Crippen LogP contribution < -0.4 is 4.90 Å². The number of unbranched alkanes of at least 4 members (excludes halogenated alkanes) is 1. The number of allylic oxidation sites excluding steroid dienone is 1. The minimum atomic E-state index is -0.479. The first kappa shape index (κ1) is 14.1. The summed E-state index contributed by atoms with van der Waals surface area (Å²) in [5, 5.41) is 10.2. The molecule has 0 aliphatic rings. The maximum Gasteiger partial charge on any atom is 0.0762 e. The molecule has 0 amide bonds. The van der Waals surface area contributed by atoms with E-state index in [0.717, 1.165) is 30.6 Å². The van der Waals surface area contributed by atoms with Crippen molar-refractivity contribution >= 4 is 17.3 Å². The van der Waals surface area contributed by atoms with Crippen LogP contribution in [0.5, 0.6) is 0 Å². The molecule has 0 fully saturated rings. The Morgan fingerprint density at radius 1 is 1.53 bits per heavy atom. The van der Waals surface area contributed by atoms with Crippen LogP contribution in [-0.2, 0) is 0 Å². The van der Waals surface area contributed by atoms with Crippen molar-refractivity contribution in [1.29, 1.82) is 0 Å². The summed E-state index contributed by atoms with van der Waals surface area (Å²) in [7, 11) is 2.02. The van der Waals surface area contributed by atoms with Crippen molar-refractivity contribution in [3.05, 3.63) is 41.4 Å². The van der Waals surface area contributed by atoms with Crippen LogP contribution in [0, 0.1) is 0 Å². The molecule has 94 valence electrons. The van der Waals surface area contributed by atoms with Crippen LogP contribution in [0.1, 0.15) is 31.4 Å². The van der Waals surface area contributed by atoms with E-state index in [1.165, 1.54) is 0 Å². The zero-order chi connectivity index (χ0) is 12.8. The number of halogens is 1. The first-order chi connectivity index (χ1) is 8.06. The van der Waals surface area contributed by atoms with Gasteiger partial charge in [-0.2, -0.15) is 0 Å². The summed E-state index contributed by atoms with van der Waals surface area (Å²) in [5.74, 6) is 0. The first-order valence-corrected chi connectivity index (χ1v) is 6.23. The molecule has 1 N–H and O–H groups in total. The van der Waals surface area contributed by atoms with Crippen LogP contribution in [-0.4, -0.2) is 18.7 Å². The van der Waals surface area contributed by atoms with Gasteiger partial charge in [-0.05, 0) is 37.5 Å². The molecule has 0 aliphatic heterocycles. The minimum Gasteiger partial charge on any atom is -0.389 e. The Morgan fingerprint density at radius 2 is 2.24 bits per heavy atom. The Hall–Kier alpha value is -0.990. The first-order valence-electron chi connectivity index (χ1n) is 5.85. The van der Waals surface area contributed by atoms with E-state index in [4.69, 9.17) is 11.6 Å². The third-order valence-corrected chi connectivity index (χ3v) is 3.07. The molecular weight excluding hydrogens is 234 g/mol. The van der Waals surface area contributed by atoms with Gasteiger partial charge in [0.2, 0.25) is 0 Å². The van der Waals surface area contributed by atoms with E-state index in [-0.39, 0.29) is 0 Å². The van der Waals surface area contributed by atoms with E-state index in [1.54, 1.807) is 6.92 Å². The zero-order valence-corrected chi connectivity index (χ0v) is 11.2. The normalized spacial score (nSPS) is 12.2. The Kier molecular flexibility index (Phi) is 5.52. The fourth-order valence-corrected chi connectivity index (χ4v) is 2.02. The summed E-state index contributed by atoms with van der Waals surface area (Å²) in [6.07, 6.45) is 3.52. The molecule has 2 nitrogen and oxygen atoms in total. The summed E-state index contributed by atoms with van der Waals surface area (Å²) in [6.45, 7) is 6.39. The summed E-state index contributed by atoms with van der Waals surface area (Å²) < 4.78 is 0. The molecule has 0 heterocycles. The smallest absolute Gasteiger partial charge is 0.0762 e. The lowest BCUT2D eigenvalue weighted by molar-refractivity contribution is 0.199. The van der Waals surface area contributed by atoms with Gasteiger partial charge in [0, 0.05) is 13.6 Å². The lowest BCUT2D eigenvalue weighted by Gasteiger charge is -2.21. The zero-order valence-electron chi connectivity index (χ0n) is 10.5. The standard InChI is InChI=1S/C14H20ClNO/c1-4-5-6-9-16(3)14-8-7-12(11(2)17)10-13(14)15/h4,7-8,10-11,17H,1,5-6,9H2,2-3H3. The fraction of sp³-hybridized carbons (Fsp3) is 0.429. The molecule has 1 atom stereocenters. The number of hydrogen-bond acceptors (Lipinski definition) is 2. The molecule has 17 heavy (non-hydrogen) atoms. The van der Waals surface area contributed by atoms with E-state index in [9.17, 15) is 5.11 Å².